The maximum Gasteiger partial charge on any atom is 0.154 e. The van der Waals surface area contributed by atoms with E-state index in [4.69, 9.17) is 11.1 Å². The molecular weight excluding hydrogens is 583 g/mol. The molecule has 0 aromatic heterocycles. The number of amidine groups is 2. The number of nitrogens with two attached hydrogens (primary N) is 1. The molecule has 0 atom stereocenters. The number of hydrogen-bond acceptors (Lipinski definition) is 1. The predicted molar refractivity (Wildman–Crippen MR) is 208 cm³/mol. The minimum Gasteiger partial charge on any atom is -0.383 e. The van der Waals surface area contributed by atoms with Crippen LogP contribution in [0.2, 0.25) is 0 Å². The molecule has 0 aliphatic carbocycles. The highest BCUT2D eigenvalue weighted by atomic mass is 14.9. The standard InChI is InChI=1S/C36H25N3.C7H8.C2H6/c37-35(27-10-5-2-6-11-27)39-36(38)28-16-14-24(15-17-28)32-22-31(23-8-3-1-4-9-23)29-20-18-25-12-7-13-26-19-21-30(32)34(29)33(25)26;1-7-5-3-2-4-6-7;1-2/h1-22H,(H3,37,38,39);2-6H,1H3;1-2H3. The molecule has 8 aromatic carbocycles. The lowest BCUT2D eigenvalue weighted by Gasteiger charge is -2.18. The number of nitrogens with zero attached hydrogens (tertiary/aromatic N) is 1. The van der Waals surface area contributed by atoms with E-state index in [9.17, 15) is 0 Å². The van der Waals surface area contributed by atoms with E-state index in [1.165, 1.54) is 54.6 Å². The lowest BCUT2D eigenvalue weighted by Crippen LogP contribution is -2.15. The first kappa shape index (κ1) is 31.9. The van der Waals surface area contributed by atoms with Crippen LogP contribution in [0.1, 0.15) is 30.5 Å². The Morgan fingerprint density at radius 2 is 1.00 bits per heavy atom. The molecular formula is C45H39N3. The zero-order chi connectivity index (χ0) is 33.5. The molecule has 0 saturated heterocycles. The van der Waals surface area contributed by atoms with Gasteiger partial charge in [-0.15, -0.1) is 0 Å². The van der Waals surface area contributed by atoms with E-state index >= 15 is 0 Å². The highest BCUT2D eigenvalue weighted by Gasteiger charge is 2.16. The number of hydrogen-bond donors (Lipinski definition) is 2. The zero-order valence-electron chi connectivity index (χ0n) is 27.6. The third kappa shape index (κ3) is 6.58. The Balaban J connectivity index is 0.000000393. The van der Waals surface area contributed by atoms with Gasteiger partial charge in [-0.25, -0.2) is 4.99 Å². The van der Waals surface area contributed by atoms with Crippen molar-refractivity contribution in [1.82, 2.24) is 0 Å². The van der Waals surface area contributed by atoms with Gasteiger partial charge < -0.3 is 5.73 Å². The van der Waals surface area contributed by atoms with Gasteiger partial charge >= 0.3 is 0 Å². The van der Waals surface area contributed by atoms with E-state index in [0.29, 0.717) is 5.84 Å². The van der Waals surface area contributed by atoms with E-state index in [0.717, 1.165) is 16.7 Å². The van der Waals surface area contributed by atoms with Gasteiger partial charge in [0.1, 0.15) is 5.84 Å². The monoisotopic (exact) mass is 621 g/mol. The van der Waals surface area contributed by atoms with Gasteiger partial charge in [-0.05, 0) is 67.6 Å². The summed E-state index contributed by atoms with van der Waals surface area (Å²) in [5, 5.41) is 16.1. The number of rotatable bonds is 4. The Morgan fingerprint density at radius 1 is 0.500 bits per heavy atom. The largest absolute Gasteiger partial charge is 0.383 e. The van der Waals surface area contributed by atoms with Gasteiger partial charge in [0, 0.05) is 11.1 Å². The van der Waals surface area contributed by atoms with Crippen molar-refractivity contribution in [3.63, 3.8) is 0 Å². The van der Waals surface area contributed by atoms with Gasteiger partial charge in [0.2, 0.25) is 0 Å². The third-order valence-electron chi connectivity index (χ3n) is 8.44. The topological polar surface area (TPSA) is 62.2 Å². The second-order valence-electron chi connectivity index (χ2n) is 11.5. The van der Waals surface area contributed by atoms with Crippen LogP contribution in [0, 0.1) is 12.3 Å². The summed E-state index contributed by atoms with van der Waals surface area (Å²) < 4.78 is 0. The average molecular weight is 622 g/mol. The molecule has 0 unspecified atom stereocenters. The summed E-state index contributed by atoms with van der Waals surface area (Å²) in [6, 6.07) is 56.3. The van der Waals surface area contributed by atoms with Crippen molar-refractivity contribution in [3.8, 4) is 22.3 Å². The van der Waals surface area contributed by atoms with Crippen LogP contribution in [0.3, 0.4) is 0 Å². The number of aryl methyl sites for hydroxylation is 1. The van der Waals surface area contributed by atoms with Crippen molar-refractivity contribution in [2.75, 3.05) is 0 Å². The summed E-state index contributed by atoms with van der Waals surface area (Å²) in [5.74, 6) is 0.479. The van der Waals surface area contributed by atoms with Crippen molar-refractivity contribution >= 4 is 44.0 Å². The minimum atomic E-state index is 0.142. The molecule has 3 heteroatoms. The molecule has 0 amide bonds. The summed E-state index contributed by atoms with van der Waals surface area (Å²) in [4.78, 5) is 4.36. The first-order valence-corrected chi connectivity index (χ1v) is 16.4. The fraction of sp³-hybridized carbons (Fsp3) is 0.0667. The van der Waals surface area contributed by atoms with Crippen LogP contribution in [0.25, 0.3) is 54.6 Å². The maximum absolute atomic E-state index is 8.54. The van der Waals surface area contributed by atoms with E-state index in [1.54, 1.807) is 0 Å². The Bertz CT molecular complexity index is 2290. The smallest absolute Gasteiger partial charge is 0.154 e. The van der Waals surface area contributed by atoms with E-state index in [-0.39, 0.29) is 5.84 Å². The van der Waals surface area contributed by atoms with Gasteiger partial charge in [-0.2, -0.15) is 0 Å². The number of nitrogens with one attached hydrogen (secondary N) is 1. The SMILES string of the molecule is CC.Cc1ccccc1.N=C(N=C(N)c1ccccc1)c1ccc(-c2cc(-c3ccccc3)c3ccc4cccc5ccc2c3c45)cc1. The summed E-state index contributed by atoms with van der Waals surface area (Å²) in [6.07, 6.45) is 0. The summed E-state index contributed by atoms with van der Waals surface area (Å²) in [5.41, 5.74) is 13.7. The molecule has 0 saturated carbocycles. The average Bonchev–Trinajstić information content (AvgIpc) is 3.16. The Labute approximate surface area is 282 Å². The molecule has 0 radical (unpaired) electrons. The van der Waals surface area contributed by atoms with E-state index < -0.39 is 0 Å². The number of aliphatic imine (C=N–C) groups is 1. The first-order valence-electron chi connectivity index (χ1n) is 16.4. The van der Waals surface area contributed by atoms with Crippen LogP contribution in [-0.4, -0.2) is 11.7 Å². The molecule has 0 heterocycles. The Hall–Kier alpha value is -6.06. The van der Waals surface area contributed by atoms with Crippen LogP contribution >= 0.6 is 0 Å². The van der Waals surface area contributed by atoms with Crippen molar-refractivity contribution < 1.29 is 0 Å². The molecule has 0 aliphatic rings. The molecule has 3 nitrogen and oxygen atoms in total. The maximum atomic E-state index is 8.54. The second-order valence-corrected chi connectivity index (χ2v) is 11.5. The molecule has 48 heavy (non-hydrogen) atoms. The lowest BCUT2D eigenvalue weighted by atomic mass is 9.85. The minimum absolute atomic E-state index is 0.142. The summed E-state index contributed by atoms with van der Waals surface area (Å²) >= 11 is 0. The third-order valence-corrected chi connectivity index (χ3v) is 8.44. The normalized spacial score (nSPS) is 11.1. The van der Waals surface area contributed by atoms with E-state index in [2.05, 4.69) is 115 Å². The summed E-state index contributed by atoms with van der Waals surface area (Å²) in [7, 11) is 0. The summed E-state index contributed by atoms with van der Waals surface area (Å²) in [6.45, 7) is 6.08. The predicted octanol–water partition coefficient (Wildman–Crippen LogP) is 11.7. The molecule has 8 rings (SSSR count). The molecule has 0 fully saturated rings. The molecule has 0 aliphatic heterocycles. The van der Waals surface area contributed by atoms with Crippen molar-refractivity contribution in [2.24, 2.45) is 10.7 Å². The molecule has 0 bridgehead atoms. The molecule has 3 N–H and O–H groups in total. The molecule has 8 aromatic rings. The Morgan fingerprint density at radius 3 is 1.52 bits per heavy atom. The van der Waals surface area contributed by atoms with Crippen molar-refractivity contribution in [3.05, 3.63) is 180 Å². The zero-order valence-corrected chi connectivity index (χ0v) is 27.6. The van der Waals surface area contributed by atoms with E-state index in [1.807, 2.05) is 74.5 Å². The van der Waals surface area contributed by atoms with Gasteiger partial charge in [-0.3, -0.25) is 5.41 Å². The van der Waals surface area contributed by atoms with Gasteiger partial charge in [0.05, 0.1) is 0 Å². The van der Waals surface area contributed by atoms with Crippen LogP contribution < -0.4 is 5.73 Å². The van der Waals surface area contributed by atoms with Crippen LogP contribution in [0.4, 0.5) is 0 Å². The van der Waals surface area contributed by atoms with Crippen LogP contribution in [0.5, 0.6) is 0 Å². The highest BCUT2D eigenvalue weighted by Crippen LogP contribution is 2.43. The molecule has 0 spiro atoms. The van der Waals surface area contributed by atoms with Gasteiger partial charge in [0.25, 0.3) is 0 Å². The fourth-order valence-corrected chi connectivity index (χ4v) is 6.13. The Kier molecular flexibility index (Phi) is 9.69. The first-order chi connectivity index (χ1) is 23.6. The van der Waals surface area contributed by atoms with Crippen molar-refractivity contribution in [2.45, 2.75) is 20.8 Å². The van der Waals surface area contributed by atoms with Gasteiger partial charge in [-0.1, -0.05) is 177 Å². The fourth-order valence-electron chi connectivity index (χ4n) is 6.13. The second kappa shape index (κ2) is 14.6. The lowest BCUT2D eigenvalue weighted by molar-refractivity contribution is 1.40. The molecule has 234 valence electrons. The van der Waals surface area contributed by atoms with Gasteiger partial charge in [0.15, 0.2) is 5.84 Å². The van der Waals surface area contributed by atoms with Crippen LogP contribution in [-0.2, 0) is 0 Å². The quantitative estimate of drug-likeness (QED) is 0.115. The van der Waals surface area contributed by atoms with Crippen molar-refractivity contribution in [1.29, 1.82) is 5.41 Å². The number of benzene rings is 8. The highest BCUT2D eigenvalue weighted by molar-refractivity contribution is 6.28. The van der Waals surface area contributed by atoms with Crippen LogP contribution in [0.15, 0.2) is 169 Å².